The van der Waals surface area contributed by atoms with Crippen LogP contribution >= 0.6 is 0 Å². The van der Waals surface area contributed by atoms with E-state index in [1.807, 2.05) is 0 Å². The molecule has 0 radical (unpaired) electrons. The van der Waals surface area contributed by atoms with E-state index in [4.69, 9.17) is 10.00 Å². The van der Waals surface area contributed by atoms with Crippen molar-refractivity contribution in [2.24, 2.45) is 0 Å². The van der Waals surface area contributed by atoms with Crippen LogP contribution < -0.4 is 4.74 Å². The van der Waals surface area contributed by atoms with Crippen LogP contribution in [0.5, 0.6) is 11.5 Å². The van der Waals surface area contributed by atoms with Gasteiger partial charge in [-0.05, 0) is 24.3 Å². The number of rotatable bonds is 2. The predicted octanol–water partition coefficient (Wildman–Crippen LogP) is 3.80. The molecule has 0 amide bonds. The molecule has 0 bridgehead atoms. The van der Waals surface area contributed by atoms with Gasteiger partial charge in [0.05, 0.1) is 22.3 Å². The normalized spacial score (nSPS) is 27.8. The van der Waals surface area contributed by atoms with E-state index in [9.17, 15) is 26.0 Å². The molecule has 3 atom stereocenters. The van der Waals surface area contributed by atoms with E-state index >= 15 is 0 Å². The highest BCUT2D eigenvalue weighted by Gasteiger charge is 2.64. The standard InChI is InChI=1S/C17H9F4NO3S/c18-9-3-8(6-22)4-10(5-9)25-11-1-2-12-14-13(11)15(19)16(20)17(14,21)7-26(12,23)24/h1-5,15-16H,7H2. The third-order valence-electron chi connectivity index (χ3n) is 4.52. The number of ether oxygens (including phenoxy) is 1. The summed E-state index contributed by atoms with van der Waals surface area (Å²) >= 11 is 0. The van der Waals surface area contributed by atoms with Crippen molar-refractivity contribution in [3.63, 3.8) is 0 Å². The minimum atomic E-state index is -4.09. The molecule has 0 saturated heterocycles. The zero-order valence-corrected chi connectivity index (χ0v) is 13.7. The number of halogens is 4. The molecular weight excluding hydrogens is 374 g/mol. The molecule has 0 fully saturated rings. The van der Waals surface area contributed by atoms with Crippen LogP contribution in [0, 0.1) is 17.1 Å². The van der Waals surface area contributed by atoms with Crippen LogP contribution in [-0.2, 0) is 15.5 Å². The van der Waals surface area contributed by atoms with Crippen LogP contribution in [0.15, 0.2) is 35.2 Å². The Hall–Kier alpha value is -2.60. The molecule has 9 heteroatoms. The monoisotopic (exact) mass is 383 g/mol. The largest absolute Gasteiger partial charge is 0.457 e. The Morgan fingerprint density at radius 3 is 2.65 bits per heavy atom. The fourth-order valence-corrected chi connectivity index (χ4v) is 5.34. The van der Waals surface area contributed by atoms with Gasteiger partial charge in [-0.1, -0.05) is 0 Å². The van der Waals surface area contributed by atoms with Gasteiger partial charge in [0.25, 0.3) is 0 Å². The number of hydrogen-bond donors (Lipinski definition) is 0. The third-order valence-corrected chi connectivity index (χ3v) is 6.33. The molecule has 0 N–H and O–H groups in total. The Balaban J connectivity index is 1.89. The quantitative estimate of drug-likeness (QED) is 0.740. The molecule has 4 nitrogen and oxygen atoms in total. The summed E-state index contributed by atoms with van der Waals surface area (Å²) in [6, 6.07) is 6.82. The maximum Gasteiger partial charge on any atom is 0.186 e. The first-order valence-corrected chi connectivity index (χ1v) is 9.08. The lowest BCUT2D eigenvalue weighted by Gasteiger charge is -2.17. The topological polar surface area (TPSA) is 67.2 Å². The molecule has 0 aromatic heterocycles. The number of benzene rings is 2. The van der Waals surface area contributed by atoms with Gasteiger partial charge in [0.15, 0.2) is 27.8 Å². The molecule has 4 rings (SSSR count). The molecule has 1 aliphatic carbocycles. The van der Waals surface area contributed by atoms with E-state index in [-0.39, 0.29) is 17.1 Å². The molecule has 1 aliphatic heterocycles. The smallest absolute Gasteiger partial charge is 0.186 e. The number of hydrogen-bond acceptors (Lipinski definition) is 4. The summed E-state index contributed by atoms with van der Waals surface area (Å²) in [6.07, 6.45) is -5.12. The maximum atomic E-state index is 15.0. The van der Waals surface area contributed by atoms with Crippen molar-refractivity contribution in [3.05, 3.63) is 52.8 Å². The van der Waals surface area contributed by atoms with Crippen molar-refractivity contribution in [2.75, 3.05) is 5.75 Å². The van der Waals surface area contributed by atoms with Crippen molar-refractivity contribution < 1.29 is 30.7 Å². The first-order valence-electron chi connectivity index (χ1n) is 7.43. The number of sulfone groups is 1. The first kappa shape index (κ1) is 16.8. The van der Waals surface area contributed by atoms with E-state index < -0.39 is 55.4 Å². The summed E-state index contributed by atoms with van der Waals surface area (Å²) in [5, 5.41) is 8.86. The van der Waals surface area contributed by atoms with Gasteiger partial charge in [-0.2, -0.15) is 5.26 Å². The lowest BCUT2D eigenvalue weighted by molar-refractivity contribution is 0.0362. The van der Waals surface area contributed by atoms with Gasteiger partial charge in [-0.3, -0.25) is 0 Å². The number of nitrogens with zero attached hydrogens (tertiary/aromatic N) is 1. The number of alkyl halides is 3. The summed E-state index contributed by atoms with van der Waals surface area (Å²) in [5.74, 6) is -2.48. The second-order valence-electron chi connectivity index (χ2n) is 6.17. The second kappa shape index (κ2) is 5.20. The van der Waals surface area contributed by atoms with Crippen molar-refractivity contribution in [1.82, 2.24) is 0 Å². The van der Waals surface area contributed by atoms with Crippen LogP contribution in [0.2, 0.25) is 0 Å². The van der Waals surface area contributed by atoms with Gasteiger partial charge in [0.1, 0.15) is 17.3 Å². The Labute approximate surface area is 145 Å². The molecule has 2 aromatic carbocycles. The highest BCUT2D eigenvalue weighted by Crippen LogP contribution is 2.59. The summed E-state index contributed by atoms with van der Waals surface area (Å²) in [7, 11) is -4.09. The molecule has 2 aliphatic rings. The Kier molecular flexibility index (Phi) is 3.37. The van der Waals surface area contributed by atoms with Gasteiger partial charge in [-0.15, -0.1) is 0 Å². The van der Waals surface area contributed by atoms with E-state index in [1.54, 1.807) is 6.07 Å². The maximum absolute atomic E-state index is 15.0. The van der Waals surface area contributed by atoms with E-state index in [0.717, 1.165) is 30.3 Å². The molecule has 3 unspecified atom stereocenters. The van der Waals surface area contributed by atoms with Gasteiger partial charge in [-0.25, -0.2) is 26.0 Å². The highest BCUT2D eigenvalue weighted by atomic mass is 32.2. The van der Waals surface area contributed by atoms with E-state index in [0.29, 0.717) is 0 Å². The molecular formula is C17H9F4NO3S. The predicted molar refractivity (Wildman–Crippen MR) is 81.2 cm³/mol. The van der Waals surface area contributed by atoms with Crippen LogP contribution in [0.25, 0.3) is 0 Å². The average molecular weight is 383 g/mol. The summed E-state index contributed by atoms with van der Waals surface area (Å²) in [6.45, 7) is 0. The first-order chi connectivity index (χ1) is 12.2. The molecule has 2 aromatic rings. The third kappa shape index (κ3) is 2.15. The minimum Gasteiger partial charge on any atom is -0.457 e. The van der Waals surface area contributed by atoms with Crippen LogP contribution in [-0.4, -0.2) is 20.3 Å². The Morgan fingerprint density at radius 1 is 1.23 bits per heavy atom. The number of nitriles is 1. The van der Waals surface area contributed by atoms with Gasteiger partial charge in [0.2, 0.25) is 0 Å². The van der Waals surface area contributed by atoms with E-state index in [1.165, 1.54) is 0 Å². The van der Waals surface area contributed by atoms with E-state index in [2.05, 4.69) is 0 Å². The minimum absolute atomic E-state index is 0.0693. The zero-order chi connectivity index (χ0) is 18.9. The SMILES string of the molecule is N#Cc1cc(F)cc(Oc2ccc3c4c2C(F)C(F)C4(F)CS3(=O)=O)c1. The lowest BCUT2D eigenvalue weighted by atomic mass is 9.99. The van der Waals surface area contributed by atoms with Crippen molar-refractivity contribution in [2.45, 2.75) is 22.9 Å². The van der Waals surface area contributed by atoms with Crippen LogP contribution in [0.1, 0.15) is 22.9 Å². The van der Waals surface area contributed by atoms with Gasteiger partial charge < -0.3 is 4.74 Å². The van der Waals surface area contributed by atoms with Crippen LogP contribution in [0.3, 0.4) is 0 Å². The Morgan fingerprint density at radius 2 is 1.96 bits per heavy atom. The van der Waals surface area contributed by atoms with Crippen molar-refractivity contribution >= 4 is 9.84 Å². The van der Waals surface area contributed by atoms with Gasteiger partial charge in [0, 0.05) is 17.2 Å². The summed E-state index contributed by atoms with van der Waals surface area (Å²) in [5.41, 5.74) is -4.17. The molecule has 0 spiro atoms. The Bertz CT molecular complexity index is 1100. The lowest BCUT2D eigenvalue weighted by Crippen LogP contribution is -2.31. The molecule has 26 heavy (non-hydrogen) atoms. The fraction of sp³-hybridized carbons (Fsp3) is 0.235. The molecule has 0 saturated carbocycles. The van der Waals surface area contributed by atoms with Crippen molar-refractivity contribution in [1.29, 1.82) is 5.26 Å². The van der Waals surface area contributed by atoms with Crippen molar-refractivity contribution in [3.8, 4) is 17.6 Å². The molecule has 1 heterocycles. The summed E-state index contributed by atoms with van der Waals surface area (Å²) in [4.78, 5) is -0.470. The second-order valence-corrected chi connectivity index (χ2v) is 8.12. The fourth-order valence-electron chi connectivity index (χ4n) is 3.47. The highest BCUT2D eigenvalue weighted by molar-refractivity contribution is 7.91. The molecule has 134 valence electrons. The average Bonchev–Trinajstić information content (AvgIpc) is 2.90. The van der Waals surface area contributed by atoms with Crippen LogP contribution in [0.4, 0.5) is 17.6 Å². The zero-order valence-electron chi connectivity index (χ0n) is 12.8. The summed E-state index contributed by atoms with van der Waals surface area (Å²) < 4.78 is 86.7. The van der Waals surface area contributed by atoms with Gasteiger partial charge >= 0.3 is 0 Å².